The Hall–Kier alpha value is -2.04. The van der Waals surface area contributed by atoms with Gasteiger partial charge in [-0.15, -0.1) is 0 Å². The average molecular weight is 277 g/mol. The van der Waals surface area contributed by atoms with Gasteiger partial charge >= 0.3 is 0 Å². The number of halogens is 1. The lowest BCUT2D eigenvalue weighted by Crippen LogP contribution is -2.12. The number of anilines is 2. The van der Waals surface area contributed by atoms with Crippen LogP contribution in [0.25, 0.3) is 0 Å². The fourth-order valence-corrected chi connectivity index (χ4v) is 1.70. The van der Waals surface area contributed by atoms with E-state index in [1.165, 1.54) is 6.07 Å². The summed E-state index contributed by atoms with van der Waals surface area (Å²) in [6.07, 6.45) is 0. The summed E-state index contributed by atoms with van der Waals surface area (Å²) in [5, 5.41) is 12.1. The normalized spacial score (nSPS) is 10.2. The van der Waals surface area contributed by atoms with E-state index in [2.05, 4.69) is 5.32 Å². The molecule has 0 saturated heterocycles. The number of benzene rings is 2. The van der Waals surface area contributed by atoms with Crippen molar-refractivity contribution in [2.45, 2.75) is 6.61 Å². The molecule has 2 aromatic carbocycles. The van der Waals surface area contributed by atoms with Crippen LogP contribution in [-0.4, -0.2) is 11.0 Å². The third kappa shape index (κ3) is 3.24. The number of aliphatic hydroxyl groups excluding tert-OH is 1. The largest absolute Gasteiger partial charge is 0.398 e. The lowest BCUT2D eigenvalue weighted by atomic mass is 10.1. The van der Waals surface area contributed by atoms with Gasteiger partial charge in [0.2, 0.25) is 0 Å². The van der Waals surface area contributed by atoms with Crippen LogP contribution in [0.4, 0.5) is 11.4 Å². The quantitative estimate of drug-likeness (QED) is 0.755. The fraction of sp³-hybridized carbons (Fsp3) is 0.0714. The second-order valence-electron chi connectivity index (χ2n) is 4.05. The van der Waals surface area contributed by atoms with Crippen molar-refractivity contribution in [1.82, 2.24) is 0 Å². The van der Waals surface area contributed by atoms with Crippen LogP contribution >= 0.6 is 11.6 Å². The van der Waals surface area contributed by atoms with Crippen molar-refractivity contribution < 1.29 is 9.90 Å². The molecule has 5 heteroatoms. The number of rotatable bonds is 3. The molecule has 4 N–H and O–H groups in total. The molecule has 0 bridgehead atoms. The molecule has 0 heterocycles. The predicted molar refractivity (Wildman–Crippen MR) is 76.2 cm³/mol. The van der Waals surface area contributed by atoms with Crippen LogP contribution in [-0.2, 0) is 6.61 Å². The van der Waals surface area contributed by atoms with Gasteiger partial charge in [-0.05, 0) is 35.9 Å². The van der Waals surface area contributed by atoms with E-state index in [0.717, 1.165) is 5.56 Å². The van der Waals surface area contributed by atoms with E-state index in [1.54, 1.807) is 36.4 Å². The summed E-state index contributed by atoms with van der Waals surface area (Å²) in [6.45, 7) is -0.0258. The fourth-order valence-electron chi connectivity index (χ4n) is 1.58. The summed E-state index contributed by atoms with van der Waals surface area (Å²) >= 11 is 5.80. The second-order valence-corrected chi connectivity index (χ2v) is 4.45. The average Bonchev–Trinajstić information content (AvgIpc) is 2.42. The third-order valence-electron chi connectivity index (χ3n) is 2.65. The minimum Gasteiger partial charge on any atom is -0.398 e. The number of carbonyl (C=O) groups excluding carboxylic acids is 1. The van der Waals surface area contributed by atoms with E-state index in [1.807, 2.05) is 0 Å². The van der Waals surface area contributed by atoms with E-state index in [9.17, 15) is 4.79 Å². The van der Waals surface area contributed by atoms with Crippen LogP contribution < -0.4 is 11.1 Å². The Kier molecular flexibility index (Phi) is 4.04. The van der Waals surface area contributed by atoms with Gasteiger partial charge in [-0.25, -0.2) is 0 Å². The van der Waals surface area contributed by atoms with Crippen LogP contribution in [0.5, 0.6) is 0 Å². The molecule has 0 unspecified atom stereocenters. The zero-order valence-corrected chi connectivity index (χ0v) is 10.8. The van der Waals surface area contributed by atoms with Crippen molar-refractivity contribution >= 4 is 28.9 Å². The zero-order chi connectivity index (χ0) is 13.8. The van der Waals surface area contributed by atoms with Crippen LogP contribution in [0.1, 0.15) is 15.9 Å². The van der Waals surface area contributed by atoms with Crippen LogP contribution in [0.15, 0.2) is 42.5 Å². The number of nitrogen functional groups attached to an aromatic ring is 1. The number of hydrogen-bond acceptors (Lipinski definition) is 3. The molecule has 19 heavy (non-hydrogen) atoms. The first-order chi connectivity index (χ1) is 9.10. The molecule has 0 radical (unpaired) electrons. The summed E-state index contributed by atoms with van der Waals surface area (Å²) in [4.78, 5) is 12.0. The van der Waals surface area contributed by atoms with E-state index >= 15 is 0 Å². The molecule has 2 aromatic rings. The Morgan fingerprint density at radius 2 is 1.89 bits per heavy atom. The van der Waals surface area contributed by atoms with E-state index in [4.69, 9.17) is 22.4 Å². The smallest absolute Gasteiger partial charge is 0.255 e. The number of amides is 1. The van der Waals surface area contributed by atoms with E-state index in [-0.39, 0.29) is 12.5 Å². The highest BCUT2D eigenvalue weighted by Crippen LogP contribution is 2.20. The number of aliphatic hydroxyl groups is 1. The Morgan fingerprint density at radius 3 is 2.47 bits per heavy atom. The van der Waals surface area contributed by atoms with Gasteiger partial charge in [0, 0.05) is 11.3 Å². The zero-order valence-electron chi connectivity index (χ0n) is 10.1. The topological polar surface area (TPSA) is 75.4 Å². The molecular formula is C14H13ClN2O2. The van der Waals surface area contributed by atoms with Gasteiger partial charge in [0.25, 0.3) is 5.91 Å². The first-order valence-corrected chi connectivity index (χ1v) is 6.04. The number of carbonyl (C=O) groups is 1. The molecule has 0 atom stereocenters. The van der Waals surface area contributed by atoms with Crippen molar-refractivity contribution in [3.63, 3.8) is 0 Å². The van der Waals surface area contributed by atoms with Gasteiger partial charge in [0.15, 0.2) is 0 Å². The highest BCUT2D eigenvalue weighted by molar-refractivity contribution is 6.33. The van der Waals surface area contributed by atoms with Gasteiger partial charge in [-0.1, -0.05) is 23.7 Å². The maximum atomic E-state index is 12.0. The molecular weight excluding hydrogens is 264 g/mol. The summed E-state index contributed by atoms with van der Waals surface area (Å²) in [7, 11) is 0. The lowest BCUT2D eigenvalue weighted by molar-refractivity contribution is 0.102. The van der Waals surface area contributed by atoms with Crippen molar-refractivity contribution in [3.05, 3.63) is 58.6 Å². The molecule has 98 valence electrons. The molecule has 0 saturated carbocycles. The van der Waals surface area contributed by atoms with Gasteiger partial charge < -0.3 is 16.2 Å². The number of nitrogens with two attached hydrogens (primary N) is 1. The van der Waals surface area contributed by atoms with Crippen molar-refractivity contribution in [1.29, 1.82) is 0 Å². The molecule has 0 aliphatic carbocycles. The van der Waals surface area contributed by atoms with Crippen molar-refractivity contribution in [2.24, 2.45) is 0 Å². The number of hydrogen-bond donors (Lipinski definition) is 3. The standard InChI is InChI=1S/C14H13ClN2O2/c15-12-6-3-10(7-13(12)16)14(19)17-11-4-1-9(8-18)2-5-11/h1-7,18H,8,16H2,(H,17,19). The highest BCUT2D eigenvalue weighted by Gasteiger charge is 2.07. The van der Waals surface area contributed by atoms with Gasteiger partial charge in [-0.3, -0.25) is 4.79 Å². The van der Waals surface area contributed by atoms with E-state index in [0.29, 0.717) is 22.0 Å². The second kappa shape index (κ2) is 5.73. The molecule has 0 aromatic heterocycles. The summed E-state index contributed by atoms with van der Waals surface area (Å²) in [5.41, 5.74) is 7.89. The van der Waals surface area contributed by atoms with Gasteiger partial charge in [0.05, 0.1) is 17.3 Å². The Bertz CT molecular complexity index is 597. The maximum Gasteiger partial charge on any atom is 0.255 e. The summed E-state index contributed by atoms with van der Waals surface area (Å²) < 4.78 is 0. The van der Waals surface area contributed by atoms with Crippen LogP contribution in [0.3, 0.4) is 0 Å². The molecule has 0 aliphatic heterocycles. The monoisotopic (exact) mass is 276 g/mol. The SMILES string of the molecule is Nc1cc(C(=O)Nc2ccc(CO)cc2)ccc1Cl. The molecule has 0 aliphatic rings. The molecule has 1 amide bonds. The minimum absolute atomic E-state index is 0.0258. The Labute approximate surface area is 115 Å². The maximum absolute atomic E-state index is 12.0. The number of nitrogens with one attached hydrogen (secondary N) is 1. The van der Waals surface area contributed by atoms with Crippen LogP contribution in [0, 0.1) is 0 Å². The van der Waals surface area contributed by atoms with Gasteiger partial charge in [0.1, 0.15) is 0 Å². The Morgan fingerprint density at radius 1 is 1.21 bits per heavy atom. The molecule has 0 fully saturated rings. The van der Waals surface area contributed by atoms with E-state index < -0.39 is 0 Å². The predicted octanol–water partition coefficient (Wildman–Crippen LogP) is 2.67. The first kappa shape index (κ1) is 13.4. The van der Waals surface area contributed by atoms with Gasteiger partial charge in [-0.2, -0.15) is 0 Å². The lowest BCUT2D eigenvalue weighted by Gasteiger charge is -2.07. The molecule has 0 spiro atoms. The Balaban J connectivity index is 2.13. The third-order valence-corrected chi connectivity index (χ3v) is 3.00. The molecule has 4 nitrogen and oxygen atoms in total. The van der Waals surface area contributed by atoms with Crippen molar-refractivity contribution in [3.8, 4) is 0 Å². The summed E-state index contributed by atoms with van der Waals surface area (Å²) in [6, 6.07) is 11.7. The molecule has 2 rings (SSSR count). The van der Waals surface area contributed by atoms with Crippen molar-refractivity contribution in [2.75, 3.05) is 11.1 Å². The highest BCUT2D eigenvalue weighted by atomic mass is 35.5. The first-order valence-electron chi connectivity index (χ1n) is 5.66. The van der Waals surface area contributed by atoms with Crippen LogP contribution in [0.2, 0.25) is 5.02 Å². The summed E-state index contributed by atoms with van der Waals surface area (Å²) in [5.74, 6) is -0.264. The minimum atomic E-state index is -0.264.